The molecule has 1 saturated heterocycles. The van der Waals surface area contributed by atoms with E-state index in [1.165, 1.54) is 37.7 Å². The Morgan fingerprint density at radius 3 is 2.29 bits per heavy atom. The highest BCUT2D eigenvalue weighted by molar-refractivity contribution is 5.84. The number of rotatable bonds is 2. The molecule has 0 aromatic heterocycles. The molecule has 2 aliphatic rings. The van der Waals surface area contributed by atoms with Gasteiger partial charge < -0.3 is 4.90 Å². The van der Waals surface area contributed by atoms with Gasteiger partial charge in [-0.1, -0.05) is 62.4 Å². The number of carbonyl (C=O) groups is 1. The molecule has 1 amide bonds. The first-order valence-corrected chi connectivity index (χ1v) is 8.40. The van der Waals surface area contributed by atoms with Crippen LogP contribution in [-0.2, 0) is 4.79 Å². The average molecular weight is 286 g/mol. The predicted molar refractivity (Wildman–Crippen MR) is 84.7 cm³/mol. The summed E-state index contributed by atoms with van der Waals surface area (Å²) >= 11 is 0. The van der Waals surface area contributed by atoms with Crippen LogP contribution in [0.2, 0.25) is 0 Å². The molecule has 2 atom stereocenters. The fourth-order valence-electron chi connectivity index (χ4n) is 3.73. The van der Waals surface area contributed by atoms with Crippen molar-refractivity contribution < 1.29 is 4.79 Å². The van der Waals surface area contributed by atoms with Crippen LogP contribution < -0.4 is 5.32 Å². The zero-order valence-corrected chi connectivity index (χ0v) is 12.9. The normalized spacial score (nSPS) is 28.4. The summed E-state index contributed by atoms with van der Waals surface area (Å²) in [5.74, 6) is 0.273. The number of hydrogen-bond donors (Lipinski definition) is 1. The first kappa shape index (κ1) is 14.6. The van der Waals surface area contributed by atoms with Crippen molar-refractivity contribution in [2.24, 2.45) is 0 Å². The zero-order valence-electron chi connectivity index (χ0n) is 12.9. The van der Waals surface area contributed by atoms with Crippen molar-refractivity contribution >= 4 is 5.91 Å². The van der Waals surface area contributed by atoms with Crippen LogP contribution in [0.25, 0.3) is 0 Å². The van der Waals surface area contributed by atoms with Gasteiger partial charge in [0.1, 0.15) is 6.17 Å². The van der Waals surface area contributed by atoms with E-state index in [2.05, 4.69) is 34.5 Å². The third-order valence-corrected chi connectivity index (χ3v) is 4.89. The fraction of sp³-hybridized carbons (Fsp3) is 0.611. The van der Waals surface area contributed by atoms with Crippen molar-refractivity contribution in [3.05, 3.63) is 35.9 Å². The third-order valence-electron chi connectivity index (χ3n) is 4.89. The van der Waals surface area contributed by atoms with Gasteiger partial charge in [-0.15, -0.1) is 0 Å². The van der Waals surface area contributed by atoms with Crippen molar-refractivity contribution in [3.63, 3.8) is 0 Å². The van der Waals surface area contributed by atoms with Gasteiger partial charge in [-0.2, -0.15) is 0 Å². The number of nitrogens with one attached hydrogen (secondary N) is 1. The van der Waals surface area contributed by atoms with Crippen molar-refractivity contribution in [3.8, 4) is 0 Å². The van der Waals surface area contributed by atoms with E-state index >= 15 is 0 Å². The van der Waals surface area contributed by atoms with Crippen LogP contribution in [0.4, 0.5) is 0 Å². The van der Waals surface area contributed by atoms with Crippen molar-refractivity contribution in [2.45, 2.75) is 70.1 Å². The number of benzene rings is 1. The molecule has 3 nitrogen and oxygen atoms in total. The zero-order chi connectivity index (χ0) is 14.7. The van der Waals surface area contributed by atoms with Gasteiger partial charge in [0.05, 0.1) is 6.04 Å². The van der Waals surface area contributed by atoms with Crippen LogP contribution >= 0.6 is 0 Å². The van der Waals surface area contributed by atoms with E-state index < -0.39 is 0 Å². The Morgan fingerprint density at radius 1 is 1.00 bits per heavy atom. The van der Waals surface area contributed by atoms with Gasteiger partial charge in [0.2, 0.25) is 5.91 Å². The van der Waals surface area contributed by atoms with Crippen LogP contribution in [0.5, 0.6) is 0 Å². The van der Waals surface area contributed by atoms with Crippen LogP contribution in [0.15, 0.2) is 30.3 Å². The van der Waals surface area contributed by atoms with Gasteiger partial charge in [0.15, 0.2) is 0 Å². The predicted octanol–water partition coefficient (Wildman–Crippen LogP) is 3.62. The lowest BCUT2D eigenvalue weighted by molar-refractivity contribution is -0.132. The lowest BCUT2D eigenvalue weighted by Gasteiger charge is -2.34. The smallest absolute Gasteiger partial charge is 0.241 e. The van der Waals surface area contributed by atoms with Gasteiger partial charge in [-0.05, 0) is 25.3 Å². The lowest BCUT2D eigenvalue weighted by Crippen LogP contribution is -2.40. The lowest BCUT2D eigenvalue weighted by atomic mass is 9.95. The minimum atomic E-state index is -0.0688. The fourth-order valence-corrected chi connectivity index (χ4v) is 3.73. The quantitative estimate of drug-likeness (QED) is 0.900. The molecule has 2 fully saturated rings. The molecule has 1 N–H and O–H groups in total. The molecule has 0 spiro atoms. The number of nitrogens with zero attached hydrogens (tertiary/aromatic N) is 1. The number of carbonyl (C=O) groups excluding carboxylic acids is 1. The molecule has 0 bridgehead atoms. The molecule has 2 unspecified atom stereocenters. The highest BCUT2D eigenvalue weighted by Gasteiger charge is 2.40. The molecule has 1 aliphatic carbocycles. The van der Waals surface area contributed by atoms with Gasteiger partial charge in [-0.3, -0.25) is 10.1 Å². The largest absolute Gasteiger partial charge is 0.319 e. The highest BCUT2D eigenvalue weighted by Crippen LogP contribution is 2.32. The van der Waals surface area contributed by atoms with E-state index in [4.69, 9.17) is 0 Å². The SMILES string of the molecule is CC1NC(c2ccccc2)N(C2CCCCCCC2)C1=O. The van der Waals surface area contributed by atoms with Crippen molar-refractivity contribution in [1.29, 1.82) is 0 Å². The van der Waals surface area contributed by atoms with E-state index in [0.29, 0.717) is 6.04 Å². The molecular weight excluding hydrogens is 260 g/mol. The molecule has 1 aliphatic heterocycles. The molecule has 21 heavy (non-hydrogen) atoms. The summed E-state index contributed by atoms with van der Waals surface area (Å²) in [5.41, 5.74) is 1.21. The maximum Gasteiger partial charge on any atom is 0.241 e. The summed E-state index contributed by atoms with van der Waals surface area (Å²) in [6, 6.07) is 10.7. The Bertz CT molecular complexity index is 465. The van der Waals surface area contributed by atoms with Gasteiger partial charge in [0, 0.05) is 6.04 Å². The summed E-state index contributed by atoms with van der Waals surface area (Å²) in [7, 11) is 0. The van der Waals surface area contributed by atoms with Crippen molar-refractivity contribution in [1.82, 2.24) is 10.2 Å². The van der Waals surface area contributed by atoms with Gasteiger partial charge in [0.25, 0.3) is 0 Å². The van der Waals surface area contributed by atoms with Gasteiger partial charge >= 0.3 is 0 Å². The summed E-state index contributed by atoms with van der Waals surface area (Å²) in [6.45, 7) is 1.99. The van der Waals surface area contributed by atoms with E-state index in [-0.39, 0.29) is 18.1 Å². The molecular formula is C18H26N2O. The van der Waals surface area contributed by atoms with E-state index in [9.17, 15) is 4.79 Å². The molecule has 114 valence electrons. The Morgan fingerprint density at radius 2 is 1.62 bits per heavy atom. The first-order chi connectivity index (χ1) is 10.3. The minimum Gasteiger partial charge on any atom is -0.319 e. The summed E-state index contributed by atoms with van der Waals surface area (Å²) in [4.78, 5) is 14.8. The van der Waals surface area contributed by atoms with Crippen molar-refractivity contribution in [2.75, 3.05) is 0 Å². The minimum absolute atomic E-state index is 0.0538. The maximum absolute atomic E-state index is 12.6. The molecule has 1 heterocycles. The number of hydrogen-bond acceptors (Lipinski definition) is 2. The van der Waals surface area contributed by atoms with E-state index in [0.717, 1.165) is 12.8 Å². The van der Waals surface area contributed by atoms with Crippen LogP contribution in [0, 0.1) is 0 Å². The summed E-state index contributed by atoms with van der Waals surface area (Å²) in [5, 5.41) is 3.48. The van der Waals surface area contributed by atoms with Crippen LogP contribution in [-0.4, -0.2) is 22.9 Å². The second-order valence-corrected chi connectivity index (χ2v) is 6.45. The molecule has 0 radical (unpaired) electrons. The standard InChI is InChI=1S/C18H26N2O/c1-14-18(21)20(16-12-8-3-2-4-9-13-16)17(19-14)15-10-6-5-7-11-15/h5-7,10-11,14,16-17,19H,2-4,8-9,12-13H2,1H3. The van der Waals surface area contributed by atoms with Gasteiger partial charge in [-0.25, -0.2) is 0 Å². The molecule has 3 rings (SSSR count). The molecule has 3 heteroatoms. The topological polar surface area (TPSA) is 32.3 Å². The molecule has 1 aromatic rings. The first-order valence-electron chi connectivity index (χ1n) is 8.40. The monoisotopic (exact) mass is 286 g/mol. The van der Waals surface area contributed by atoms with Crippen LogP contribution in [0.1, 0.15) is 63.6 Å². The second-order valence-electron chi connectivity index (χ2n) is 6.45. The Balaban J connectivity index is 1.83. The van der Waals surface area contributed by atoms with Crippen LogP contribution in [0.3, 0.4) is 0 Å². The summed E-state index contributed by atoms with van der Waals surface area (Å²) in [6.07, 6.45) is 8.87. The Hall–Kier alpha value is -1.35. The third kappa shape index (κ3) is 3.13. The Kier molecular flexibility index (Phi) is 4.59. The maximum atomic E-state index is 12.6. The number of amides is 1. The van der Waals surface area contributed by atoms with E-state index in [1.54, 1.807) is 0 Å². The second kappa shape index (κ2) is 6.61. The molecule has 1 aromatic carbocycles. The summed E-state index contributed by atoms with van der Waals surface area (Å²) < 4.78 is 0. The average Bonchev–Trinajstić information content (AvgIpc) is 2.76. The van der Waals surface area contributed by atoms with E-state index in [1.807, 2.05) is 13.0 Å². The molecule has 1 saturated carbocycles. The highest BCUT2D eigenvalue weighted by atomic mass is 16.2. The Labute approximate surface area is 127 Å².